The fraction of sp³-hybridized carbons (Fsp3) is 0.250. The molecule has 0 bridgehead atoms. The minimum absolute atomic E-state index is 0.254. The van der Waals surface area contributed by atoms with Crippen LogP contribution in [-0.4, -0.2) is 13.5 Å². The van der Waals surface area contributed by atoms with Crippen LogP contribution in [0.1, 0.15) is 11.1 Å². The van der Waals surface area contributed by atoms with Crippen LogP contribution in [0.5, 0.6) is 5.75 Å². The van der Waals surface area contributed by atoms with Gasteiger partial charge in [0.1, 0.15) is 10.6 Å². The Kier molecular flexibility index (Phi) is 2.99. The summed E-state index contributed by atoms with van der Waals surface area (Å²) in [6, 6.07) is 1.48. The molecule has 0 atom stereocenters. The van der Waals surface area contributed by atoms with Crippen LogP contribution in [-0.2, 0) is 9.05 Å². The van der Waals surface area contributed by atoms with Crippen LogP contribution in [0.15, 0.2) is 11.0 Å². The highest BCUT2D eigenvalue weighted by molar-refractivity contribution is 8.13. The second kappa shape index (κ2) is 3.61. The minimum atomic E-state index is -3.97. The van der Waals surface area contributed by atoms with Gasteiger partial charge in [0.15, 0.2) is 0 Å². The molecule has 1 rings (SSSR count). The van der Waals surface area contributed by atoms with E-state index >= 15 is 0 Å². The molecule has 78 valence electrons. The number of aryl methyl sites for hydroxylation is 1. The van der Waals surface area contributed by atoms with Crippen molar-refractivity contribution in [2.45, 2.75) is 18.7 Å². The summed E-state index contributed by atoms with van der Waals surface area (Å²) in [4.78, 5) is -0.316. The number of benzene rings is 1. The van der Waals surface area contributed by atoms with Crippen molar-refractivity contribution < 1.29 is 13.5 Å². The quantitative estimate of drug-likeness (QED) is 0.784. The molecule has 1 N–H and O–H groups in total. The van der Waals surface area contributed by atoms with Gasteiger partial charge in [-0.3, -0.25) is 0 Å². The lowest BCUT2D eigenvalue weighted by Crippen LogP contribution is -1.97. The zero-order chi connectivity index (χ0) is 11.1. The van der Waals surface area contributed by atoms with Gasteiger partial charge < -0.3 is 5.11 Å². The van der Waals surface area contributed by atoms with Crippen LogP contribution in [0.3, 0.4) is 0 Å². The SMILES string of the molecule is Cc1cc(Cl)c(C)c(S(=O)(=O)Cl)c1O. The predicted molar refractivity (Wildman–Crippen MR) is 55.6 cm³/mol. The van der Waals surface area contributed by atoms with Gasteiger partial charge in [-0.15, -0.1) is 0 Å². The van der Waals surface area contributed by atoms with E-state index in [1.807, 2.05) is 0 Å². The number of halogens is 2. The van der Waals surface area contributed by atoms with Crippen LogP contribution >= 0.6 is 22.3 Å². The third kappa shape index (κ3) is 1.97. The van der Waals surface area contributed by atoms with E-state index in [0.29, 0.717) is 5.56 Å². The van der Waals surface area contributed by atoms with Crippen LogP contribution in [0.2, 0.25) is 5.02 Å². The summed E-state index contributed by atoms with van der Waals surface area (Å²) in [5, 5.41) is 9.78. The molecule has 1 aromatic carbocycles. The van der Waals surface area contributed by atoms with Gasteiger partial charge in [0.2, 0.25) is 0 Å². The van der Waals surface area contributed by atoms with E-state index < -0.39 is 9.05 Å². The Morgan fingerprint density at radius 3 is 2.29 bits per heavy atom. The van der Waals surface area contributed by atoms with E-state index in [-0.39, 0.29) is 21.2 Å². The smallest absolute Gasteiger partial charge is 0.265 e. The van der Waals surface area contributed by atoms with Gasteiger partial charge >= 0.3 is 0 Å². The van der Waals surface area contributed by atoms with Gasteiger partial charge in [-0.2, -0.15) is 0 Å². The summed E-state index contributed by atoms with van der Waals surface area (Å²) < 4.78 is 22.3. The molecule has 3 nitrogen and oxygen atoms in total. The minimum Gasteiger partial charge on any atom is -0.506 e. The van der Waals surface area contributed by atoms with E-state index in [0.717, 1.165) is 0 Å². The lowest BCUT2D eigenvalue weighted by Gasteiger charge is -2.09. The summed E-state index contributed by atoms with van der Waals surface area (Å²) in [6.45, 7) is 3.03. The molecule has 0 amide bonds. The van der Waals surface area contributed by atoms with Gasteiger partial charge in [0.05, 0.1) is 0 Å². The maximum absolute atomic E-state index is 11.1. The highest BCUT2D eigenvalue weighted by Gasteiger charge is 2.22. The highest BCUT2D eigenvalue weighted by atomic mass is 35.7. The van der Waals surface area contributed by atoms with Crippen molar-refractivity contribution in [3.8, 4) is 5.75 Å². The van der Waals surface area contributed by atoms with Crippen LogP contribution in [0.25, 0.3) is 0 Å². The third-order valence-electron chi connectivity index (χ3n) is 1.87. The summed E-state index contributed by atoms with van der Waals surface area (Å²) in [5.41, 5.74) is 0.629. The maximum Gasteiger partial charge on any atom is 0.265 e. The van der Waals surface area contributed by atoms with E-state index in [2.05, 4.69) is 0 Å². The molecule has 0 heterocycles. The monoisotopic (exact) mass is 254 g/mol. The van der Waals surface area contributed by atoms with E-state index in [1.54, 1.807) is 6.92 Å². The van der Waals surface area contributed by atoms with Gasteiger partial charge in [-0.1, -0.05) is 11.6 Å². The molecule has 0 spiro atoms. The Morgan fingerprint density at radius 2 is 1.86 bits per heavy atom. The van der Waals surface area contributed by atoms with Crippen molar-refractivity contribution >= 4 is 31.3 Å². The highest BCUT2D eigenvalue weighted by Crippen LogP contribution is 2.36. The van der Waals surface area contributed by atoms with Crippen LogP contribution in [0.4, 0.5) is 0 Å². The molecule has 0 unspecified atom stereocenters. The summed E-state index contributed by atoms with van der Waals surface area (Å²) in [6.07, 6.45) is 0. The first-order chi connectivity index (χ1) is 6.25. The number of hydrogen-bond acceptors (Lipinski definition) is 3. The van der Waals surface area contributed by atoms with Crippen LogP contribution in [0, 0.1) is 13.8 Å². The summed E-state index contributed by atoms with van der Waals surface area (Å²) >= 11 is 5.76. The molecular formula is C8H8Cl2O3S. The average Bonchev–Trinajstić information content (AvgIpc) is 1.98. The van der Waals surface area contributed by atoms with Crippen molar-refractivity contribution in [3.05, 3.63) is 22.2 Å². The van der Waals surface area contributed by atoms with Crippen molar-refractivity contribution in [1.82, 2.24) is 0 Å². The second-order valence-electron chi connectivity index (χ2n) is 2.92. The molecule has 0 aromatic heterocycles. The number of rotatable bonds is 1. The molecule has 1 aromatic rings. The molecule has 0 fully saturated rings. The first-order valence-corrected chi connectivity index (χ1v) is 6.37. The van der Waals surface area contributed by atoms with E-state index in [4.69, 9.17) is 22.3 Å². The molecule has 0 aliphatic carbocycles. The Morgan fingerprint density at radius 1 is 1.36 bits per heavy atom. The van der Waals surface area contributed by atoms with Gasteiger partial charge in [0, 0.05) is 15.7 Å². The normalized spacial score (nSPS) is 11.7. The average molecular weight is 255 g/mol. The van der Waals surface area contributed by atoms with Crippen molar-refractivity contribution in [2.24, 2.45) is 0 Å². The molecule has 0 saturated carbocycles. The van der Waals surface area contributed by atoms with Crippen LogP contribution < -0.4 is 0 Å². The van der Waals surface area contributed by atoms with Crippen molar-refractivity contribution in [3.63, 3.8) is 0 Å². The number of phenols is 1. The molecule has 0 aliphatic rings. The topological polar surface area (TPSA) is 54.4 Å². The number of hydrogen-bond donors (Lipinski definition) is 1. The largest absolute Gasteiger partial charge is 0.506 e. The molecule has 6 heteroatoms. The third-order valence-corrected chi connectivity index (χ3v) is 3.72. The number of aromatic hydroxyl groups is 1. The zero-order valence-corrected chi connectivity index (χ0v) is 9.83. The summed E-state index contributed by atoms with van der Waals surface area (Å²) in [7, 11) is 1.20. The van der Waals surface area contributed by atoms with Gasteiger partial charge in [0.25, 0.3) is 9.05 Å². The molecule has 0 saturated heterocycles. The maximum atomic E-state index is 11.1. The van der Waals surface area contributed by atoms with Crippen molar-refractivity contribution in [1.29, 1.82) is 0 Å². The molecule has 0 aliphatic heterocycles. The first-order valence-electron chi connectivity index (χ1n) is 3.68. The Balaban J connectivity index is 3.74. The van der Waals surface area contributed by atoms with E-state index in [9.17, 15) is 13.5 Å². The Hall–Kier alpha value is -0.450. The van der Waals surface area contributed by atoms with E-state index in [1.165, 1.54) is 13.0 Å². The van der Waals surface area contributed by atoms with Crippen molar-refractivity contribution in [2.75, 3.05) is 0 Å². The summed E-state index contributed by atoms with van der Waals surface area (Å²) in [5.74, 6) is -0.345. The second-order valence-corrected chi connectivity index (χ2v) is 5.83. The molecule has 0 radical (unpaired) electrons. The standard InChI is InChI=1S/C8H8Cl2O3S/c1-4-3-6(9)5(2)8(7(4)11)14(10,12)13/h3,11H,1-2H3. The fourth-order valence-electron chi connectivity index (χ4n) is 1.13. The fourth-order valence-corrected chi connectivity index (χ4v) is 2.88. The predicted octanol–water partition coefficient (Wildman–Crippen LogP) is 2.59. The first kappa shape index (κ1) is 11.6. The molecular weight excluding hydrogens is 247 g/mol. The lowest BCUT2D eigenvalue weighted by molar-refractivity contribution is 0.454. The molecule has 14 heavy (non-hydrogen) atoms. The number of phenolic OH excluding ortho intramolecular Hbond substituents is 1. The Bertz CT molecular complexity index is 454. The lowest BCUT2D eigenvalue weighted by atomic mass is 10.1. The van der Waals surface area contributed by atoms with Gasteiger partial charge in [-0.05, 0) is 31.0 Å². The Labute approximate surface area is 91.7 Å². The van der Waals surface area contributed by atoms with Gasteiger partial charge in [-0.25, -0.2) is 8.42 Å². The zero-order valence-electron chi connectivity index (χ0n) is 7.51.